The van der Waals surface area contributed by atoms with Gasteiger partial charge in [-0.05, 0) is 0 Å². The zero-order chi connectivity index (χ0) is 6.69. The molecule has 0 N–H and O–H groups in total. The van der Waals surface area contributed by atoms with Gasteiger partial charge < -0.3 is 0 Å². The van der Waals surface area contributed by atoms with Gasteiger partial charge in [-0.2, -0.15) is 5.10 Å². The van der Waals surface area contributed by atoms with Crippen LogP contribution in [0.2, 0.25) is 0 Å². The average molecular weight is 144 g/mol. The van der Waals surface area contributed by atoms with E-state index in [1.54, 1.807) is 12.6 Å². The Kier molecular flexibility index (Phi) is 1.69. The predicted molar refractivity (Wildman–Crippen MR) is 32.4 cm³/mol. The van der Waals surface area contributed by atoms with Gasteiger partial charge in [-0.15, -0.1) is 4.91 Å². The Morgan fingerprint density at radius 2 is 2.67 bits per heavy atom. The highest BCUT2D eigenvalue weighted by Gasteiger charge is 1.85. The van der Waals surface area contributed by atoms with Crippen LogP contribution in [0.4, 0.5) is 0 Å². The SMILES string of the molecule is Cn1ncsc1=NN=O. The molecule has 0 saturated carbocycles. The Labute approximate surface area is 54.6 Å². The summed E-state index contributed by atoms with van der Waals surface area (Å²) in [7, 11) is 1.69. The summed E-state index contributed by atoms with van der Waals surface area (Å²) in [6.45, 7) is 0. The summed E-state index contributed by atoms with van der Waals surface area (Å²) in [5.74, 6) is 0. The molecular formula is C3H4N4OS. The quantitative estimate of drug-likeness (QED) is 0.413. The first-order chi connectivity index (χ1) is 4.34. The van der Waals surface area contributed by atoms with Crippen molar-refractivity contribution in [3.8, 4) is 0 Å². The van der Waals surface area contributed by atoms with Gasteiger partial charge in [0, 0.05) is 7.05 Å². The highest BCUT2D eigenvalue weighted by molar-refractivity contribution is 7.06. The van der Waals surface area contributed by atoms with Gasteiger partial charge in [0.2, 0.25) is 4.80 Å². The number of aryl methyl sites for hydroxylation is 1. The van der Waals surface area contributed by atoms with Crippen molar-refractivity contribution in [2.45, 2.75) is 0 Å². The van der Waals surface area contributed by atoms with Crippen LogP contribution in [-0.4, -0.2) is 9.78 Å². The highest BCUT2D eigenvalue weighted by Crippen LogP contribution is 1.79. The molecule has 48 valence electrons. The van der Waals surface area contributed by atoms with Crippen LogP contribution in [-0.2, 0) is 7.05 Å². The van der Waals surface area contributed by atoms with Crippen molar-refractivity contribution in [2.24, 2.45) is 17.4 Å². The summed E-state index contributed by atoms with van der Waals surface area (Å²) < 4.78 is 1.48. The molecule has 6 heteroatoms. The minimum Gasteiger partial charge on any atom is -0.240 e. The van der Waals surface area contributed by atoms with E-state index >= 15 is 0 Å². The van der Waals surface area contributed by atoms with Crippen molar-refractivity contribution in [2.75, 3.05) is 0 Å². The van der Waals surface area contributed by atoms with Crippen molar-refractivity contribution >= 4 is 11.3 Å². The largest absolute Gasteiger partial charge is 0.240 e. The maximum atomic E-state index is 9.57. The predicted octanol–water partition coefficient (Wildman–Crippen LogP) is 0.0637. The van der Waals surface area contributed by atoms with Crippen molar-refractivity contribution in [1.29, 1.82) is 0 Å². The summed E-state index contributed by atoms with van der Waals surface area (Å²) in [4.78, 5) is 10.1. The van der Waals surface area contributed by atoms with Gasteiger partial charge >= 0.3 is 0 Å². The van der Waals surface area contributed by atoms with Gasteiger partial charge in [-0.1, -0.05) is 16.4 Å². The van der Waals surface area contributed by atoms with Crippen LogP contribution >= 0.6 is 11.3 Å². The van der Waals surface area contributed by atoms with E-state index in [0.29, 0.717) is 4.80 Å². The summed E-state index contributed by atoms with van der Waals surface area (Å²) in [5, 5.41) is 9.40. The molecule has 0 fully saturated rings. The first-order valence-corrected chi connectivity index (χ1v) is 3.05. The van der Waals surface area contributed by atoms with Crippen molar-refractivity contribution in [1.82, 2.24) is 9.78 Å². The Morgan fingerprint density at radius 3 is 3.11 bits per heavy atom. The van der Waals surface area contributed by atoms with Crippen molar-refractivity contribution in [3.05, 3.63) is 15.2 Å². The van der Waals surface area contributed by atoms with Crippen LogP contribution in [0.15, 0.2) is 15.9 Å². The number of aromatic nitrogens is 2. The summed E-state index contributed by atoms with van der Waals surface area (Å²) in [5.41, 5.74) is 1.59. The fraction of sp³-hybridized carbons (Fsp3) is 0.333. The molecule has 9 heavy (non-hydrogen) atoms. The zero-order valence-corrected chi connectivity index (χ0v) is 5.50. The van der Waals surface area contributed by atoms with Gasteiger partial charge in [0.05, 0.1) is 5.29 Å². The van der Waals surface area contributed by atoms with Crippen molar-refractivity contribution in [3.63, 3.8) is 0 Å². The first kappa shape index (κ1) is 6.09. The van der Waals surface area contributed by atoms with E-state index in [0.717, 1.165) is 0 Å². The molecule has 0 bridgehead atoms. The molecule has 0 aliphatic heterocycles. The molecule has 0 aromatic carbocycles. The number of nitrogens with zero attached hydrogens (tertiary/aromatic N) is 4. The van der Waals surface area contributed by atoms with Crippen LogP contribution in [0.1, 0.15) is 0 Å². The van der Waals surface area contributed by atoms with Crippen LogP contribution in [0.5, 0.6) is 0 Å². The van der Waals surface area contributed by atoms with Gasteiger partial charge in [0.15, 0.2) is 0 Å². The van der Waals surface area contributed by atoms with E-state index < -0.39 is 0 Å². The molecule has 0 amide bonds. The molecule has 1 heterocycles. The van der Waals surface area contributed by atoms with E-state index in [9.17, 15) is 4.91 Å². The third kappa shape index (κ3) is 1.20. The summed E-state index contributed by atoms with van der Waals surface area (Å²) in [6, 6.07) is 0. The van der Waals surface area contributed by atoms with E-state index in [1.807, 2.05) is 0 Å². The Balaban J connectivity index is 3.22. The number of rotatable bonds is 1. The number of hydrogen-bond donors (Lipinski definition) is 0. The second kappa shape index (κ2) is 2.49. The van der Waals surface area contributed by atoms with E-state index in [2.05, 4.69) is 15.5 Å². The van der Waals surface area contributed by atoms with Gasteiger partial charge in [-0.25, -0.2) is 4.68 Å². The molecule has 0 spiro atoms. The van der Waals surface area contributed by atoms with Crippen LogP contribution < -0.4 is 4.80 Å². The summed E-state index contributed by atoms with van der Waals surface area (Å²) in [6.07, 6.45) is 0. The van der Waals surface area contributed by atoms with Crippen LogP contribution in [0, 0.1) is 4.91 Å². The lowest BCUT2D eigenvalue weighted by Crippen LogP contribution is -2.10. The summed E-state index contributed by atoms with van der Waals surface area (Å²) >= 11 is 1.27. The fourth-order valence-corrected chi connectivity index (χ4v) is 0.953. The molecule has 0 atom stereocenters. The highest BCUT2D eigenvalue weighted by atomic mass is 32.1. The standard InChI is InChI=1S/C3H4N4OS/c1-7-3(5-6-8)9-2-4-7/h2H,1H3. The lowest BCUT2D eigenvalue weighted by Gasteiger charge is -1.79. The topological polar surface area (TPSA) is 59.6 Å². The molecule has 0 aliphatic carbocycles. The third-order valence-corrected chi connectivity index (χ3v) is 1.54. The minimum atomic E-state index is 0.505. The molecule has 0 aliphatic rings. The van der Waals surface area contributed by atoms with Gasteiger partial charge in [0.1, 0.15) is 5.51 Å². The van der Waals surface area contributed by atoms with Crippen molar-refractivity contribution < 1.29 is 0 Å². The van der Waals surface area contributed by atoms with E-state index in [-0.39, 0.29) is 0 Å². The smallest absolute Gasteiger partial charge is 0.231 e. The van der Waals surface area contributed by atoms with Crippen LogP contribution in [0.25, 0.3) is 0 Å². The van der Waals surface area contributed by atoms with E-state index in [4.69, 9.17) is 0 Å². The Bertz CT molecular complexity index is 261. The number of hydrogen-bond acceptors (Lipinski definition) is 4. The lowest BCUT2D eigenvalue weighted by atomic mass is 11.2. The maximum Gasteiger partial charge on any atom is 0.231 e. The Hall–Kier alpha value is -1.04. The molecule has 0 radical (unpaired) electrons. The molecule has 1 aromatic rings. The molecule has 1 aromatic heterocycles. The third-order valence-electron chi connectivity index (χ3n) is 0.782. The first-order valence-electron chi connectivity index (χ1n) is 2.18. The Morgan fingerprint density at radius 1 is 1.89 bits per heavy atom. The maximum absolute atomic E-state index is 9.57. The molecule has 0 saturated heterocycles. The lowest BCUT2D eigenvalue weighted by molar-refractivity contribution is 0.720. The second-order valence-corrected chi connectivity index (χ2v) is 2.14. The van der Waals surface area contributed by atoms with E-state index in [1.165, 1.54) is 16.0 Å². The normalized spacial score (nSPS) is 11.9. The van der Waals surface area contributed by atoms with Crippen LogP contribution in [0.3, 0.4) is 0 Å². The van der Waals surface area contributed by atoms with Gasteiger partial charge in [0.25, 0.3) is 0 Å². The zero-order valence-electron chi connectivity index (χ0n) is 4.68. The molecular weight excluding hydrogens is 140 g/mol. The molecule has 1 rings (SSSR count). The van der Waals surface area contributed by atoms with Gasteiger partial charge in [-0.3, -0.25) is 0 Å². The average Bonchev–Trinajstić information content (AvgIpc) is 2.18. The molecule has 5 nitrogen and oxygen atoms in total. The minimum absolute atomic E-state index is 0.505. The monoisotopic (exact) mass is 144 g/mol. The second-order valence-electron chi connectivity index (χ2n) is 1.33. The fourth-order valence-electron chi connectivity index (χ4n) is 0.390. The number of nitroso groups, excluding NO2 is 1. The molecule has 0 unspecified atom stereocenters.